The van der Waals surface area contributed by atoms with E-state index >= 15 is 0 Å². The Labute approximate surface area is 86.4 Å². The summed E-state index contributed by atoms with van der Waals surface area (Å²) in [6.45, 7) is 8.71. The average molecular weight is 199 g/mol. The van der Waals surface area contributed by atoms with Crippen molar-refractivity contribution in [3.8, 4) is 0 Å². The van der Waals surface area contributed by atoms with Crippen LogP contribution in [0.15, 0.2) is 12.7 Å². The summed E-state index contributed by atoms with van der Waals surface area (Å²) in [4.78, 5) is 2.41. The number of rotatable bonds is 5. The number of aliphatic hydroxyl groups excluding tert-OH is 1. The molecule has 1 rings (SSSR count). The van der Waals surface area contributed by atoms with Crippen molar-refractivity contribution in [3.05, 3.63) is 12.7 Å². The van der Waals surface area contributed by atoms with Crippen LogP contribution >= 0.6 is 0 Å². The molecule has 3 nitrogen and oxygen atoms in total. The second-order valence-electron chi connectivity index (χ2n) is 3.81. The molecule has 1 atom stereocenters. The number of hydrogen-bond acceptors (Lipinski definition) is 3. The maximum Gasteiger partial charge on any atom is 0.0701 e. The van der Waals surface area contributed by atoms with Crippen LogP contribution in [-0.2, 0) is 4.74 Å². The molecule has 0 aromatic rings. The van der Waals surface area contributed by atoms with Gasteiger partial charge in [-0.2, -0.15) is 0 Å². The van der Waals surface area contributed by atoms with Crippen LogP contribution in [0.25, 0.3) is 0 Å². The number of aliphatic hydroxyl groups is 1. The van der Waals surface area contributed by atoms with Crippen LogP contribution in [0.4, 0.5) is 0 Å². The molecule has 0 amide bonds. The molecule has 0 bridgehead atoms. The van der Waals surface area contributed by atoms with Crippen LogP contribution in [-0.4, -0.2) is 48.5 Å². The lowest BCUT2D eigenvalue weighted by molar-refractivity contribution is -0.0108. The summed E-state index contributed by atoms with van der Waals surface area (Å²) >= 11 is 0. The Balaban J connectivity index is 2.20. The van der Waals surface area contributed by atoms with Gasteiger partial charge in [-0.25, -0.2) is 0 Å². The Kier molecular flexibility index (Phi) is 5.15. The Morgan fingerprint density at radius 2 is 2.21 bits per heavy atom. The maximum absolute atomic E-state index is 8.63. The van der Waals surface area contributed by atoms with Gasteiger partial charge in [-0.1, -0.05) is 6.08 Å². The molecule has 1 unspecified atom stereocenters. The van der Waals surface area contributed by atoms with E-state index in [0.29, 0.717) is 18.8 Å². The van der Waals surface area contributed by atoms with Crippen molar-refractivity contribution in [1.82, 2.24) is 4.90 Å². The minimum absolute atomic E-state index is 0.128. The van der Waals surface area contributed by atoms with Crippen LogP contribution in [0.1, 0.15) is 19.8 Å². The largest absolute Gasteiger partial charge is 0.394 e. The molecule has 3 heteroatoms. The molecule has 0 spiro atoms. The molecule has 0 radical (unpaired) electrons. The highest BCUT2D eigenvalue weighted by molar-refractivity contribution is 4.86. The molecule has 14 heavy (non-hydrogen) atoms. The number of ether oxygens (including phenoxy) is 1. The van der Waals surface area contributed by atoms with Gasteiger partial charge in [0.25, 0.3) is 0 Å². The third kappa shape index (κ3) is 3.40. The third-order valence-corrected chi connectivity index (χ3v) is 2.84. The van der Waals surface area contributed by atoms with Crippen molar-refractivity contribution in [2.75, 3.05) is 26.3 Å². The first kappa shape index (κ1) is 11.7. The van der Waals surface area contributed by atoms with E-state index in [1.54, 1.807) is 0 Å². The second kappa shape index (κ2) is 6.17. The highest BCUT2D eigenvalue weighted by Crippen LogP contribution is 2.15. The van der Waals surface area contributed by atoms with Gasteiger partial charge in [-0.3, -0.25) is 4.90 Å². The summed E-state index contributed by atoms with van der Waals surface area (Å²) in [5.74, 6) is 0. The quantitative estimate of drug-likeness (QED) is 0.671. The lowest BCUT2D eigenvalue weighted by atomic mass is 10.1. The van der Waals surface area contributed by atoms with Gasteiger partial charge < -0.3 is 9.84 Å². The lowest BCUT2D eigenvalue weighted by Crippen LogP contribution is -2.41. The maximum atomic E-state index is 8.63. The molecule has 1 aliphatic heterocycles. The average Bonchev–Trinajstić information content (AvgIpc) is 2.26. The predicted octanol–water partition coefficient (Wildman–Crippen LogP) is 1.03. The molecule has 82 valence electrons. The van der Waals surface area contributed by atoms with Crippen molar-refractivity contribution < 1.29 is 9.84 Å². The van der Waals surface area contributed by atoms with E-state index in [-0.39, 0.29) is 6.61 Å². The van der Waals surface area contributed by atoms with E-state index in [4.69, 9.17) is 9.84 Å². The Morgan fingerprint density at radius 3 is 2.71 bits per heavy atom. The van der Waals surface area contributed by atoms with Crippen molar-refractivity contribution in [2.24, 2.45) is 0 Å². The van der Waals surface area contributed by atoms with Crippen molar-refractivity contribution in [2.45, 2.75) is 31.9 Å². The van der Waals surface area contributed by atoms with Gasteiger partial charge in [0.15, 0.2) is 0 Å². The summed E-state index contributed by atoms with van der Waals surface area (Å²) < 4.78 is 5.49. The zero-order valence-corrected chi connectivity index (χ0v) is 8.98. The van der Waals surface area contributed by atoms with E-state index in [0.717, 1.165) is 25.9 Å². The molecule has 1 N–H and O–H groups in total. The fourth-order valence-corrected chi connectivity index (χ4v) is 1.82. The summed E-state index contributed by atoms with van der Waals surface area (Å²) in [6, 6.07) is 0.466. The van der Waals surface area contributed by atoms with Gasteiger partial charge in [-0.15, -0.1) is 6.58 Å². The van der Waals surface area contributed by atoms with Gasteiger partial charge in [-0.05, 0) is 19.8 Å². The molecule has 0 aromatic heterocycles. The summed E-state index contributed by atoms with van der Waals surface area (Å²) in [5.41, 5.74) is 0. The van der Waals surface area contributed by atoms with Crippen LogP contribution in [0, 0.1) is 0 Å². The SMILES string of the molecule is C=CC(C)N1CCC(OCCO)CC1. The van der Waals surface area contributed by atoms with Crippen LogP contribution < -0.4 is 0 Å². The smallest absolute Gasteiger partial charge is 0.0701 e. The van der Waals surface area contributed by atoms with E-state index < -0.39 is 0 Å². The number of nitrogens with zero attached hydrogens (tertiary/aromatic N) is 1. The summed E-state index contributed by atoms with van der Waals surface area (Å²) in [6.07, 6.45) is 4.46. The summed E-state index contributed by atoms with van der Waals surface area (Å²) in [5, 5.41) is 8.63. The minimum atomic E-state index is 0.128. The van der Waals surface area contributed by atoms with Crippen LogP contribution in [0.2, 0.25) is 0 Å². The fourth-order valence-electron chi connectivity index (χ4n) is 1.82. The van der Waals surface area contributed by atoms with Gasteiger partial charge in [0, 0.05) is 19.1 Å². The Hall–Kier alpha value is -0.380. The van der Waals surface area contributed by atoms with Gasteiger partial charge in [0.1, 0.15) is 0 Å². The normalized spacial score (nSPS) is 22.1. The molecule has 1 aliphatic rings. The van der Waals surface area contributed by atoms with Gasteiger partial charge >= 0.3 is 0 Å². The van der Waals surface area contributed by atoms with E-state index in [9.17, 15) is 0 Å². The molecular formula is C11H21NO2. The standard InChI is InChI=1S/C11H21NO2/c1-3-10(2)12-6-4-11(5-7-12)14-9-8-13/h3,10-11,13H,1,4-9H2,2H3. The molecule has 1 heterocycles. The number of hydrogen-bond donors (Lipinski definition) is 1. The first-order chi connectivity index (χ1) is 6.77. The van der Waals surface area contributed by atoms with Crippen molar-refractivity contribution >= 4 is 0 Å². The number of piperidine rings is 1. The van der Waals surface area contributed by atoms with Crippen molar-refractivity contribution in [3.63, 3.8) is 0 Å². The van der Waals surface area contributed by atoms with Gasteiger partial charge in [0.05, 0.1) is 19.3 Å². The first-order valence-corrected chi connectivity index (χ1v) is 5.37. The Bertz CT molecular complexity index is 165. The number of likely N-dealkylation sites (tertiary alicyclic amines) is 1. The topological polar surface area (TPSA) is 32.7 Å². The van der Waals surface area contributed by atoms with Crippen LogP contribution in [0.3, 0.4) is 0 Å². The zero-order valence-electron chi connectivity index (χ0n) is 8.98. The Morgan fingerprint density at radius 1 is 1.57 bits per heavy atom. The molecule has 1 fully saturated rings. The predicted molar refractivity (Wildman–Crippen MR) is 57.3 cm³/mol. The minimum Gasteiger partial charge on any atom is -0.394 e. The third-order valence-electron chi connectivity index (χ3n) is 2.84. The van der Waals surface area contributed by atoms with E-state index in [1.807, 2.05) is 6.08 Å². The van der Waals surface area contributed by atoms with E-state index in [2.05, 4.69) is 18.4 Å². The lowest BCUT2D eigenvalue weighted by Gasteiger charge is -2.34. The summed E-state index contributed by atoms with van der Waals surface area (Å²) in [7, 11) is 0. The van der Waals surface area contributed by atoms with Crippen LogP contribution in [0.5, 0.6) is 0 Å². The molecule has 1 saturated heterocycles. The molecular weight excluding hydrogens is 178 g/mol. The second-order valence-corrected chi connectivity index (χ2v) is 3.81. The van der Waals surface area contributed by atoms with Crippen molar-refractivity contribution in [1.29, 1.82) is 0 Å². The molecule has 0 aliphatic carbocycles. The highest BCUT2D eigenvalue weighted by atomic mass is 16.5. The highest BCUT2D eigenvalue weighted by Gasteiger charge is 2.21. The first-order valence-electron chi connectivity index (χ1n) is 5.37. The molecule has 0 aromatic carbocycles. The van der Waals surface area contributed by atoms with E-state index in [1.165, 1.54) is 0 Å². The fraction of sp³-hybridized carbons (Fsp3) is 0.818. The van der Waals surface area contributed by atoms with Gasteiger partial charge in [0.2, 0.25) is 0 Å². The monoisotopic (exact) mass is 199 g/mol. The zero-order chi connectivity index (χ0) is 10.4. The molecule has 0 saturated carbocycles.